The van der Waals surface area contributed by atoms with Crippen LogP contribution in [0.25, 0.3) is 0 Å². The fraction of sp³-hybridized carbons (Fsp3) is 0.143. The topological polar surface area (TPSA) is 66.4 Å². The third-order valence-corrected chi connectivity index (χ3v) is 3.70. The number of pyridine rings is 2. The number of amides is 2. The third-order valence-electron chi connectivity index (χ3n) is 3.42. The lowest BCUT2D eigenvalue weighted by molar-refractivity contribution is -0.137. The monoisotopic (exact) mass is 356 g/mol. The van der Waals surface area contributed by atoms with Crippen LogP contribution in [-0.2, 0) is 6.18 Å². The van der Waals surface area contributed by atoms with Gasteiger partial charge in [-0.05, 0) is 12.1 Å². The summed E-state index contributed by atoms with van der Waals surface area (Å²) in [5.41, 5.74) is -0.793. The zero-order valence-corrected chi connectivity index (χ0v) is 12.8. The fourth-order valence-corrected chi connectivity index (χ4v) is 2.55. The minimum absolute atomic E-state index is 0.0948. The quantitative estimate of drug-likeness (QED) is 0.774. The molecule has 3 rings (SSSR count). The second kappa shape index (κ2) is 5.45. The number of fused-ring (bicyclic) bond motifs is 1. The molecule has 2 aromatic heterocycles. The Morgan fingerprint density at radius 1 is 1.17 bits per heavy atom. The van der Waals surface area contributed by atoms with Crippen molar-refractivity contribution < 1.29 is 22.8 Å². The number of carbonyl (C=O) groups is 2. The maximum atomic E-state index is 12.7. The van der Waals surface area contributed by atoms with Gasteiger partial charge in [-0.15, -0.1) is 0 Å². The van der Waals surface area contributed by atoms with Crippen LogP contribution in [-0.4, -0.2) is 33.8 Å². The standard InChI is InChI=1S/C14H8ClF3N4O2/c1-21(11-10(15)4-7(5-20-11)14(16,17)18)22-12(23)8-2-3-19-6-9(8)13(22)24/h2-6H,1H3. The molecule has 2 aromatic rings. The van der Waals surface area contributed by atoms with Crippen molar-refractivity contribution in [2.45, 2.75) is 6.18 Å². The van der Waals surface area contributed by atoms with E-state index in [1.807, 2.05) is 0 Å². The Labute approximate surface area is 138 Å². The summed E-state index contributed by atoms with van der Waals surface area (Å²) in [4.78, 5) is 32.1. The maximum absolute atomic E-state index is 12.7. The summed E-state index contributed by atoms with van der Waals surface area (Å²) in [6, 6.07) is 2.06. The highest BCUT2D eigenvalue weighted by atomic mass is 35.5. The molecule has 0 aliphatic carbocycles. The lowest BCUT2D eigenvalue weighted by atomic mass is 10.2. The Hall–Kier alpha value is -2.68. The van der Waals surface area contributed by atoms with E-state index in [0.717, 1.165) is 10.0 Å². The fourth-order valence-electron chi connectivity index (χ4n) is 2.26. The minimum Gasteiger partial charge on any atom is -0.267 e. The number of alkyl halides is 3. The Morgan fingerprint density at radius 3 is 2.42 bits per heavy atom. The van der Waals surface area contributed by atoms with Gasteiger partial charge in [0.25, 0.3) is 11.8 Å². The van der Waals surface area contributed by atoms with Crippen LogP contribution in [0.4, 0.5) is 19.0 Å². The summed E-state index contributed by atoms with van der Waals surface area (Å²) in [7, 11) is 1.30. The molecule has 1 aliphatic rings. The molecule has 0 saturated heterocycles. The number of hydrazine groups is 1. The van der Waals surface area contributed by atoms with E-state index in [1.54, 1.807) is 0 Å². The van der Waals surface area contributed by atoms with Crippen LogP contribution in [0.15, 0.2) is 30.7 Å². The van der Waals surface area contributed by atoms with Gasteiger partial charge in [0.1, 0.15) is 0 Å². The van der Waals surface area contributed by atoms with Gasteiger partial charge in [-0.3, -0.25) is 19.6 Å². The molecule has 124 valence electrons. The molecule has 0 N–H and O–H groups in total. The molecule has 0 fully saturated rings. The molecular formula is C14H8ClF3N4O2. The van der Waals surface area contributed by atoms with Crippen molar-refractivity contribution in [2.75, 3.05) is 12.1 Å². The summed E-state index contributed by atoms with van der Waals surface area (Å²) in [6.07, 6.45) is -1.42. The number of halogens is 4. The van der Waals surface area contributed by atoms with Gasteiger partial charge in [0.15, 0.2) is 5.82 Å². The van der Waals surface area contributed by atoms with Crippen LogP contribution >= 0.6 is 11.6 Å². The molecule has 0 atom stereocenters. The number of imide groups is 1. The van der Waals surface area contributed by atoms with E-state index < -0.39 is 23.6 Å². The molecule has 1 aliphatic heterocycles. The van der Waals surface area contributed by atoms with E-state index in [1.165, 1.54) is 25.5 Å². The van der Waals surface area contributed by atoms with Gasteiger partial charge in [-0.2, -0.15) is 18.2 Å². The second-order valence-electron chi connectivity index (χ2n) is 4.89. The van der Waals surface area contributed by atoms with Crippen molar-refractivity contribution in [1.29, 1.82) is 0 Å². The van der Waals surface area contributed by atoms with Gasteiger partial charge >= 0.3 is 6.18 Å². The second-order valence-corrected chi connectivity index (χ2v) is 5.30. The lowest BCUT2D eigenvalue weighted by Gasteiger charge is -2.27. The van der Waals surface area contributed by atoms with Gasteiger partial charge in [0, 0.05) is 25.6 Å². The van der Waals surface area contributed by atoms with E-state index in [0.29, 0.717) is 12.3 Å². The SMILES string of the molecule is CN(c1ncc(C(F)(F)F)cc1Cl)N1C(=O)c2ccncc2C1=O. The molecule has 0 spiro atoms. The van der Waals surface area contributed by atoms with Crippen LogP contribution in [0, 0.1) is 0 Å². The molecule has 0 aromatic carbocycles. The molecule has 0 unspecified atom stereocenters. The van der Waals surface area contributed by atoms with E-state index >= 15 is 0 Å². The van der Waals surface area contributed by atoms with Crippen LogP contribution in [0.5, 0.6) is 0 Å². The Balaban J connectivity index is 1.98. The number of carbonyl (C=O) groups excluding carboxylic acids is 2. The predicted octanol–water partition coefficient (Wildman–Crippen LogP) is 2.80. The van der Waals surface area contributed by atoms with Crippen LogP contribution in [0.2, 0.25) is 5.02 Å². The minimum atomic E-state index is -4.60. The van der Waals surface area contributed by atoms with Crippen LogP contribution in [0.1, 0.15) is 26.3 Å². The van der Waals surface area contributed by atoms with E-state index in [2.05, 4.69) is 9.97 Å². The average molecular weight is 357 g/mol. The summed E-state index contributed by atoms with van der Waals surface area (Å²) < 4.78 is 38.0. The number of nitrogens with zero attached hydrogens (tertiary/aromatic N) is 4. The lowest BCUT2D eigenvalue weighted by Crippen LogP contribution is -2.44. The first-order valence-electron chi connectivity index (χ1n) is 6.51. The van der Waals surface area contributed by atoms with Crippen LogP contribution in [0.3, 0.4) is 0 Å². The zero-order chi connectivity index (χ0) is 17.6. The number of anilines is 1. The first kappa shape index (κ1) is 16.2. The number of hydrogen-bond acceptors (Lipinski definition) is 5. The summed E-state index contributed by atoms with van der Waals surface area (Å²) in [5, 5.41) is 1.41. The average Bonchev–Trinajstić information content (AvgIpc) is 2.78. The highest BCUT2D eigenvalue weighted by molar-refractivity contribution is 6.33. The molecule has 24 heavy (non-hydrogen) atoms. The number of hydrogen-bond donors (Lipinski definition) is 0. The van der Waals surface area contributed by atoms with Gasteiger partial charge in [0.05, 0.1) is 21.7 Å². The van der Waals surface area contributed by atoms with E-state index in [9.17, 15) is 22.8 Å². The summed E-state index contributed by atoms with van der Waals surface area (Å²) in [5.74, 6) is -1.46. The molecule has 0 radical (unpaired) electrons. The van der Waals surface area contributed by atoms with Gasteiger partial charge in [-0.1, -0.05) is 11.6 Å². The number of aromatic nitrogens is 2. The van der Waals surface area contributed by atoms with Crippen molar-refractivity contribution >= 4 is 29.2 Å². The molecule has 6 nitrogen and oxygen atoms in total. The Kier molecular flexibility index (Phi) is 3.67. The van der Waals surface area contributed by atoms with Gasteiger partial charge in [-0.25, -0.2) is 4.98 Å². The zero-order valence-electron chi connectivity index (χ0n) is 12.0. The summed E-state index contributed by atoms with van der Waals surface area (Å²) in [6.45, 7) is 0. The first-order chi connectivity index (χ1) is 11.2. The molecule has 0 bridgehead atoms. The third kappa shape index (κ3) is 2.46. The van der Waals surface area contributed by atoms with E-state index in [4.69, 9.17) is 11.6 Å². The Morgan fingerprint density at radius 2 is 1.83 bits per heavy atom. The first-order valence-corrected chi connectivity index (χ1v) is 6.89. The van der Waals surface area contributed by atoms with Crippen molar-refractivity contribution in [3.63, 3.8) is 0 Å². The van der Waals surface area contributed by atoms with Crippen LogP contribution < -0.4 is 5.01 Å². The van der Waals surface area contributed by atoms with Crippen molar-refractivity contribution in [3.05, 3.63) is 52.4 Å². The Bertz CT molecular complexity index is 821. The van der Waals surface area contributed by atoms with Gasteiger partial charge < -0.3 is 0 Å². The normalized spacial score (nSPS) is 14.1. The van der Waals surface area contributed by atoms with E-state index in [-0.39, 0.29) is 22.0 Å². The van der Waals surface area contributed by atoms with Crippen molar-refractivity contribution in [2.24, 2.45) is 0 Å². The van der Waals surface area contributed by atoms with Gasteiger partial charge in [0.2, 0.25) is 0 Å². The highest BCUT2D eigenvalue weighted by Gasteiger charge is 2.40. The highest BCUT2D eigenvalue weighted by Crippen LogP contribution is 2.34. The molecule has 0 saturated carbocycles. The molecule has 3 heterocycles. The van der Waals surface area contributed by atoms with Crippen molar-refractivity contribution in [1.82, 2.24) is 15.0 Å². The largest absolute Gasteiger partial charge is 0.417 e. The predicted molar refractivity (Wildman–Crippen MR) is 77.4 cm³/mol. The number of rotatable bonds is 2. The smallest absolute Gasteiger partial charge is 0.267 e. The molecule has 2 amide bonds. The molecular weight excluding hydrogens is 349 g/mol. The summed E-state index contributed by atoms with van der Waals surface area (Å²) >= 11 is 5.85. The molecule has 10 heteroatoms. The van der Waals surface area contributed by atoms with Crippen molar-refractivity contribution in [3.8, 4) is 0 Å². The maximum Gasteiger partial charge on any atom is 0.417 e.